The first-order chi connectivity index (χ1) is 11.9. The van der Waals surface area contributed by atoms with Gasteiger partial charge in [0.1, 0.15) is 0 Å². The Balaban J connectivity index is 1.51. The minimum atomic E-state index is -3.49. The predicted octanol–water partition coefficient (Wildman–Crippen LogP) is 1.70. The minimum Gasteiger partial charge on any atom is -0.338 e. The van der Waals surface area contributed by atoms with Crippen molar-refractivity contribution >= 4 is 26.8 Å². The van der Waals surface area contributed by atoms with Crippen molar-refractivity contribution in [3.8, 4) is 0 Å². The molecule has 0 aliphatic carbocycles. The van der Waals surface area contributed by atoms with E-state index < -0.39 is 10.0 Å². The maximum absolute atomic E-state index is 12.2. The van der Waals surface area contributed by atoms with Crippen molar-refractivity contribution in [2.24, 2.45) is 11.1 Å². The number of primary sulfonamides is 1. The van der Waals surface area contributed by atoms with Crippen LogP contribution in [0.2, 0.25) is 0 Å². The van der Waals surface area contributed by atoms with E-state index in [0.29, 0.717) is 26.1 Å². The van der Waals surface area contributed by atoms with E-state index >= 15 is 0 Å². The van der Waals surface area contributed by atoms with Crippen molar-refractivity contribution in [2.45, 2.75) is 12.8 Å². The molecule has 1 atom stereocenters. The SMILES string of the molecule is NS(=O)(=O)C[C@H]1CCN(C(=O)NCCc2cccc3ccccc23)C1. The molecule has 134 valence electrons. The van der Waals surface area contributed by atoms with E-state index in [1.165, 1.54) is 16.3 Å². The topological polar surface area (TPSA) is 92.5 Å². The van der Waals surface area contributed by atoms with E-state index in [9.17, 15) is 13.2 Å². The van der Waals surface area contributed by atoms with E-state index in [1.807, 2.05) is 18.2 Å². The number of nitrogens with one attached hydrogen (secondary N) is 1. The zero-order valence-electron chi connectivity index (χ0n) is 14.0. The molecule has 1 heterocycles. The Bertz CT molecular complexity index is 862. The number of fused-ring (bicyclic) bond motifs is 1. The highest BCUT2D eigenvalue weighted by molar-refractivity contribution is 7.89. The van der Waals surface area contributed by atoms with E-state index in [-0.39, 0.29) is 17.7 Å². The molecule has 0 spiro atoms. The summed E-state index contributed by atoms with van der Waals surface area (Å²) >= 11 is 0. The molecule has 2 aromatic carbocycles. The van der Waals surface area contributed by atoms with Crippen LogP contribution in [0.3, 0.4) is 0 Å². The molecule has 0 aromatic heterocycles. The summed E-state index contributed by atoms with van der Waals surface area (Å²) in [6.07, 6.45) is 1.43. The summed E-state index contributed by atoms with van der Waals surface area (Å²) in [5.74, 6) is -0.133. The molecule has 7 heteroatoms. The van der Waals surface area contributed by atoms with Crippen LogP contribution in [0.1, 0.15) is 12.0 Å². The number of hydrogen-bond acceptors (Lipinski definition) is 3. The summed E-state index contributed by atoms with van der Waals surface area (Å²) in [5.41, 5.74) is 1.20. The molecule has 0 radical (unpaired) electrons. The van der Waals surface area contributed by atoms with Crippen LogP contribution in [0.25, 0.3) is 10.8 Å². The normalized spacial score (nSPS) is 17.8. The summed E-state index contributed by atoms with van der Waals surface area (Å²) in [6.45, 7) is 1.56. The lowest BCUT2D eigenvalue weighted by atomic mass is 10.0. The average molecular weight is 361 g/mol. The zero-order chi connectivity index (χ0) is 17.9. The second kappa shape index (κ2) is 7.41. The number of carbonyl (C=O) groups is 1. The summed E-state index contributed by atoms with van der Waals surface area (Å²) in [6, 6.07) is 14.2. The zero-order valence-corrected chi connectivity index (χ0v) is 14.8. The third-order valence-corrected chi connectivity index (χ3v) is 5.53. The second-order valence-corrected chi connectivity index (χ2v) is 8.21. The Labute approximate surface area is 148 Å². The smallest absolute Gasteiger partial charge is 0.317 e. The first-order valence-electron chi connectivity index (χ1n) is 8.42. The van der Waals surface area contributed by atoms with Gasteiger partial charge in [0.15, 0.2) is 0 Å². The molecular weight excluding hydrogens is 338 g/mol. The first kappa shape index (κ1) is 17.7. The molecule has 3 rings (SSSR count). The summed E-state index contributed by atoms with van der Waals surface area (Å²) in [7, 11) is -3.49. The van der Waals surface area contributed by atoms with Gasteiger partial charge in [-0.3, -0.25) is 0 Å². The van der Waals surface area contributed by atoms with Gasteiger partial charge in [0.05, 0.1) is 5.75 Å². The van der Waals surface area contributed by atoms with Gasteiger partial charge in [0, 0.05) is 19.6 Å². The van der Waals surface area contributed by atoms with Gasteiger partial charge in [-0.1, -0.05) is 42.5 Å². The third kappa shape index (κ3) is 4.70. The summed E-state index contributed by atoms with van der Waals surface area (Å²) < 4.78 is 22.3. The maximum atomic E-state index is 12.2. The molecule has 2 aromatic rings. The second-order valence-electron chi connectivity index (χ2n) is 6.55. The monoisotopic (exact) mass is 361 g/mol. The minimum absolute atomic E-state index is 0.0627. The Morgan fingerprint density at radius 3 is 2.76 bits per heavy atom. The third-order valence-electron chi connectivity index (χ3n) is 4.59. The number of carbonyl (C=O) groups excluding carboxylic acids is 1. The van der Waals surface area contributed by atoms with Crippen molar-refractivity contribution < 1.29 is 13.2 Å². The molecular formula is C18H23N3O3S. The highest BCUT2D eigenvalue weighted by Crippen LogP contribution is 2.19. The number of likely N-dealkylation sites (tertiary alicyclic amines) is 1. The van der Waals surface area contributed by atoms with Gasteiger partial charge in [-0.25, -0.2) is 18.4 Å². The summed E-state index contributed by atoms with van der Waals surface area (Å²) in [5, 5.41) is 10.4. The Morgan fingerprint density at radius 2 is 1.96 bits per heavy atom. The van der Waals surface area contributed by atoms with Crippen LogP contribution in [0, 0.1) is 5.92 Å². The number of nitrogens with zero attached hydrogens (tertiary/aromatic N) is 1. The Hall–Kier alpha value is -2.12. The van der Waals surface area contributed by atoms with Crippen molar-refractivity contribution in [2.75, 3.05) is 25.4 Å². The molecule has 25 heavy (non-hydrogen) atoms. The predicted molar refractivity (Wildman–Crippen MR) is 98.7 cm³/mol. The van der Waals surface area contributed by atoms with Crippen LogP contribution < -0.4 is 10.5 Å². The van der Waals surface area contributed by atoms with Gasteiger partial charge in [0.25, 0.3) is 0 Å². The molecule has 1 fully saturated rings. The maximum Gasteiger partial charge on any atom is 0.317 e. The average Bonchev–Trinajstić information content (AvgIpc) is 3.01. The number of amides is 2. The van der Waals surface area contributed by atoms with Crippen LogP contribution in [-0.2, 0) is 16.4 Å². The molecule has 6 nitrogen and oxygen atoms in total. The quantitative estimate of drug-likeness (QED) is 0.849. The molecule has 3 N–H and O–H groups in total. The van der Waals surface area contributed by atoms with Crippen molar-refractivity contribution in [3.63, 3.8) is 0 Å². The van der Waals surface area contributed by atoms with E-state index in [1.54, 1.807) is 4.90 Å². The van der Waals surface area contributed by atoms with Crippen molar-refractivity contribution in [3.05, 3.63) is 48.0 Å². The lowest BCUT2D eigenvalue weighted by Gasteiger charge is -2.17. The Kier molecular flexibility index (Phi) is 5.24. The number of benzene rings is 2. The summed E-state index contributed by atoms with van der Waals surface area (Å²) in [4.78, 5) is 13.9. The number of urea groups is 1. The fourth-order valence-corrected chi connectivity index (χ4v) is 4.34. The molecule has 0 bridgehead atoms. The van der Waals surface area contributed by atoms with Crippen LogP contribution in [0.5, 0.6) is 0 Å². The Morgan fingerprint density at radius 1 is 1.20 bits per heavy atom. The first-order valence-corrected chi connectivity index (χ1v) is 10.1. The highest BCUT2D eigenvalue weighted by Gasteiger charge is 2.28. The van der Waals surface area contributed by atoms with Crippen molar-refractivity contribution in [1.82, 2.24) is 10.2 Å². The lowest BCUT2D eigenvalue weighted by Crippen LogP contribution is -2.39. The molecule has 1 saturated heterocycles. The van der Waals surface area contributed by atoms with Gasteiger partial charge in [-0.15, -0.1) is 0 Å². The fourth-order valence-electron chi connectivity index (χ4n) is 3.41. The van der Waals surface area contributed by atoms with E-state index in [0.717, 1.165) is 6.42 Å². The van der Waals surface area contributed by atoms with Crippen LogP contribution in [0.15, 0.2) is 42.5 Å². The molecule has 1 aliphatic rings. The lowest BCUT2D eigenvalue weighted by molar-refractivity contribution is 0.207. The molecule has 0 unspecified atom stereocenters. The van der Waals surface area contributed by atoms with Gasteiger partial charge in [0.2, 0.25) is 10.0 Å². The van der Waals surface area contributed by atoms with Gasteiger partial charge in [-0.05, 0) is 35.1 Å². The molecule has 2 amide bonds. The van der Waals surface area contributed by atoms with Crippen LogP contribution in [0.4, 0.5) is 4.79 Å². The van der Waals surface area contributed by atoms with Gasteiger partial charge in [-0.2, -0.15) is 0 Å². The standard InChI is InChI=1S/C18H23N3O3S/c19-25(23,24)13-14-9-11-21(12-14)18(22)20-10-8-16-6-3-5-15-4-1-2-7-17(15)16/h1-7,14H,8-13H2,(H,20,22)(H2,19,23,24)/t14-/m0/s1. The largest absolute Gasteiger partial charge is 0.338 e. The van der Waals surface area contributed by atoms with Crippen LogP contribution >= 0.6 is 0 Å². The highest BCUT2D eigenvalue weighted by atomic mass is 32.2. The van der Waals surface area contributed by atoms with Crippen LogP contribution in [-0.4, -0.2) is 44.7 Å². The molecule has 0 saturated carbocycles. The molecule has 1 aliphatic heterocycles. The number of nitrogens with two attached hydrogens (primary N) is 1. The number of sulfonamides is 1. The number of rotatable bonds is 5. The number of hydrogen-bond donors (Lipinski definition) is 2. The van der Waals surface area contributed by atoms with E-state index in [4.69, 9.17) is 5.14 Å². The fraction of sp³-hybridized carbons (Fsp3) is 0.389. The van der Waals surface area contributed by atoms with Gasteiger partial charge >= 0.3 is 6.03 Å². The van der Waals surface area contributed by atoms with Gasteiger partial charge < -0.3 is 10.2 Å². The van der Waals surface area contributed by atoms with E-state index in [2.05, 4.69) is 29.6 Å². The van der Waals surface area contributed by atoms with Crippen molar-refractivity contribution in [1.29, 1.82) is 0 Å².